The van der Waals surface area contributed by atoms with Crippen LogP contribution in [0.5, 0.6) is 11.5 Å². The number of ether oxygens (including phenoxy) is 1. The van der Waals surface area contributed by atoms with Gasteiger partial charge in [0.1, 0.15) is 11.8 Å². The number of aromatic nitrogens is 2. The van der Waals surface area contributed by atoms with Crippen molar-refractivity contribution in [2.24, 2.45) is 0 Å². The fourth-order valence-electron chi connectivity index (χ4n) is 4.64. The summed E-state index contributed by atoms with van der Waals surface area (Å²) < 4.78 is 21.5. The second kappa shape index (κ2) is 11.1. The maximum absolute atomic E-state index is 14.9. The van der Waals surface area contributed by atoms with Crippen LogP contribution in [0.25, 0.3) is 20.8 Å². The van der Waals surface area contributed by atoms with Crippen molar-refractivity contribution in [3.05, 3.63) is 66.2 Å². The van der Waals surface area contributed by atoms with Gasteiger partial charge in [0, 0.05) is 56.3 Å². The molecule has 1 unspecified atom stereocenters. The van der Waals surface area contributed by atoms with Crippen LogP contribution in [0.2, 0.25) is 0 Å². The van der Waals surface area contributed by atoms with E-state index < -0.39 is 11.9 Å². The van der Waals surface area contributed by atoms with E-state index >= 15 is 0 Å². The molecule has 10 nitrogen and oxygen atoms in total. The number of likely N-dealkylation sites (tertiary alicyclic amines) is 1. The Morgan fingerprint density at radius 3 is 2.66 bits per heavy atom. The number of nitrogens with one attached hydrogen (secondary N) is 3. The number of benzene rings is 1. The number of hydrogen-bond donors (Lipinski definition) is 3. The number of hydrogen-bond acceptors (Lipinski definition) is 7. The fourth-order valence-corrected chi connectivity index (χ4v) is 5.68. The second-order valence-electron chi connectivity index (χ2n) is 10.1. The Balaban J connectivity index is 1.14. The third-order valence-corrected chi connectivity index (χ3v) is 7.98. The second-order valence-corrected chi connectivity index (χ2v) is 11.2. The number of urea groups is 1. The summed E-state index contributed by atoms with van der Waals surface area (Å²) in [6.45, 7) is 2.40. The average molecular weight is 575 g/mol. The van der Waals surface area contributed by atoms with Crippen molar-refractivity contribution in [1.82, 2.24) is 25.5 Å². The molecule has 3 aromatic heterocycles. The van der Waals surface area contributed by atoms with Crippen LogP contribution in [0.1, 0.15) is 31.7 Å². The lowest BCUT2D eigenvalue weighted by molar-refractivity contribution is -0.132. The molecule has 210 valence electrons. The number of carbonyl (C=O) groups is 3. The lowest BCUT2D eigenvalue weighted by atomic mass is 10.2. The lowest BCUT2D eigenvalue weighted by Gasteiger charge is -2.17. The molecule has 1 aliphatic heterocycles. The third-order valence-electron chi connectivity index (χ3n) is 6.82. The lowest BCUT2D eigenvalue weighted by Crippen LogP contribution is -2.40. The standard InChI is InChI=1S/C29H27FN6O4S/c1-16(37)33-22-9-11-36(28(22)38)15-17-2-6-21(32-14-17)26-13-23-27(41-26)25(8-10-31-23)40-24-7-5-19(12-20(24)30)35-29(39)34-18-3-4-18/h2,5-8,10,12-14,18,22H,3-4,9,11,15H2,1H3,(H,33,37)(H2,34,35,39). The van der Waals surface area contributed by atoms with E-state index in [0.717, 1.165) is 33.7 Å². The number of pyridine rings is 2. The van der Waals surface area contributed by atoms with Gasteiger partial charge in [0.05, 0.1) is 20.8 Å². The SMILES string of the molecule is CC(=O)NC1CCN(Cc2ccc(-c3cc4nccc(Oc5ccc(NC(=O)NC6CC6)cc5F)c4s3)nc2)C1=O. The molecule has 4 aromatic rings. The third kappa shape index (κ3) is 6.12. The average Bonchev–Trinajstić information content (AvgIpc) is 3.54. The van der Waals surface area contributed by atoms with Gasteiger partial charge in [-0.1, -0.05) is 6.07 Å². The Bertz CT molecular complexity index is 1640. The quantitative estimate of drug-likeness (QED) is 0.277. The summed E-state index contributed by atoms with van der Waals surface area (Å²) in [6.07, 6.45) is 5.85. The predicted molar refractivity (Wildman–Crippen MR) is 152 cm³/mol. The zero-order valence-electron chi connectivity index (χ0n) is 22.1. The molecule has 1 atom stereocenters. The minimum absolute atomic E-state index is 0.0280. The fraction of sp³-hybridized carbons (Fsp3) is 0.276. The molecule has 4 heterocycles. The Kier molecular flexibility index (Phi) is 7.23. The smallest absolute Gasteiger partial charge is 0.319 e. The van der Waals surface area contributed by atoms with Crippen molar-refractivity contribution >= 4 is 45.1 Å². The van der Waals surface area contributed by atoms with Gasteiger partial charge in [0.2, 0.25) is 11.8 Å². The molecular formula is C29H27FN6O4S. The van der Waals surface area contributed by atoms with E-state index in [9.17, 15) is 18.8 Å². The van der Waals surface area contributed by atoms with Gasteiger partial charge in [0.15, 0.2) is 11.6 Å². The first-order valence-electron chi connectivity index (χ1n) is 13.3. The zero-order chi connectivity index (χ0) is 28.5. The first kappa shape index (κ1) is 26.6. The molecule has 2 fully saturated rings. The molecule has 1 aromatic carbocycles. The highest BCUT2D eigenvalue weighted by Crippen LogP contribution is 2.39. The van der Waals surface area contributed by atoms with Crippen molar-refractivity contribution < 1.29 is 23.5 Å². The zero-order valence-corrected chi connectivity index (χ0v) is 23.0. The molecule has 12 heteroatoms. The van der Waals surface area contributed by atoms with E-state index in [1.165, 1.54) is 30.4 Å². The van der Waals surface area contributed by atoms with Gasteiger partial charge >= 0.3 is 6.03 Å². The molecule has 0 radical (unpaired) electrons. The van der Waals surface area contributed by atoms with Crippen LogP contribution in [0.4, 0.5) is 14.9 Å². The van der Waals surface area contributed by atoms with Gasteiger partial charge in [-0.15, -0.1) is 11.3 Å². The van der Waals surface area contributed by atoms with Crippen LogP contribution < -0.4 is 20.7 Å². The summed E-state index contributed by atoms with van der Waals surface area (Å²) >= 11 is 1.43. The highest BCUT2D eigenvalue weighted by molar-refractivity contribution is 7.22. The molecule has 3 N–H and O–H groups in total. The van der Waals surface area contributed by atoms with Crippen molar-refractivity contribution in [3.63, 3.8) is 0 Å². The summed E-state index contributed by atoms with van der Waals surface area (Å²) in [7, 11) is 0. The summed E-state index contributed by atoms with van der Waals surface area (Å²) in [6, 6.07) is 11.1. The number of halogens is 1. The molecule has 4 amide bonds. The summed E-state index contributed by atoms with van der Waals surface area (Å²) in [4.78, 5) is 47.4. The number of anilines is 1. The highest BCUT2D eigenvalue weighted by Gasteiger charge is 2.32. The van der Waals surface area contributed by atoms with Crippen LogP contribution in [-0.4, -0.2) is 51.3 Å². The number of carbonyl (C=O) groups excluding carboxylic acids is 3. The summed E-state index contributed by atoms with van der Waals surface area (Å²) in [5, 5.41) is 8.12. The number of thiophene rings is 1. The summed E-state index contributed by atoms with van der Waals surface area (Å²) in [5.74, 6) is -0.426. The Morgan fingerprint density at radius 2 is 1.93 bits per heavy atom. The van der Waals surface area contributed by atoms with Gasteiger partial charge in [-0.05, 0) is 49.1 Å². The van der Waals surface area contributed by atoms with Gasteiger partial charge in [-0.2, -0.15) is 0 Å². The van der Waals surface area contributed by atoms with Crippen LogP contribution in [0, 0.1) is 5.82 Å². The van der Waals surface area contributed by atoms with E-state index in [-0.39, 0.29) is 29.6 Å². The van der Waals surface area contributed by atoms with E-state index in [2.05, 4.69) is 25.9 Å². The molecule has 1 saturated carbocycles. The van der Waals surface area contributed by atoms with Gasteiger partial charge in [-0.25, -0.2) is 9.18 Å². The molecule has 6 rings (SSSR count). The molecule has 0 bridgehead atoms. The number of amides is 4. The monoisotopic (exact) mass is 574 g/mol. The molecule has 1 saturated heterocycles. The molecular weight excluding hydrogens is 547 g/mol. The largest absolute Gasteiger partial charge is 0.453 e. The molecule has 1 aliphatic carbocycles. The first-order valence-corrected chi connectivity index (χ1v) is 14.1. The molecule has 2 aliphatic rings. The maximum Gasteiger partial charge on any atom is 0.319 e. The first-order chi connectivity index (χ1) is 19.8. The number of rotatable bonds is 8. The topological polar surface area (TPSA) is 126 Å². The van der Waals surface area contributed by atoms with Gasteiger partial charge < -0.3 is 25.6 Å². The van der Waals surface area contributed by atoms with Crippen LogP contribution in [-0.2, 0) is 16.1 Å². The van der Waals surface area contributed by atoms with Gasteiger partial charge in [-0.3, -0.25) is 19.6 Å². The van der Waals surface area contributed by atoms with Crippen molar-refractivity contribution in [1.29, 1.82) is 0 Å². The van der Waals surface area contributed by atoms with E-state index in [0.29, 0.717) is 36.5 Å². The maximum atomic E-state index is 14.9. The minimum Gasteiger partial charge on any atom is -0.453 e. The summed E-state index contributed by atoms with van der Waals surface area (Å²) in [5.41, 5.74) is 2.64. The van der Waals surface area contributed by atoms with Crippen LogP contribution in [0.15, 0.2) is 54.9 Å². The molecule has 0 spiro atoms. The predicted octanol–water partition coefficient (Wildman–Crippen LogP) is 4.81. The van der Waals surface area contributed by atoms with E-state index in [1.54, 1.807) is 29.4 Å². The molecule has 41 heavy (non-hydrogen) atoms. The Hall–Kier alpha value is -4.58. The number of nitrogens with zero attached hydrogens (tertiary/aromatic N) is 3. The number of fused-ring (bicyclic) bond motifs is 1. The highest BCUT2D eigenvalue weighted by atomic mass is 32.1. The minimum atomic E-state index is -0.604. The van der Waals surface area contributed by atoms with Crippen molar-refractivity contribution in [3.8, 4) is 22.1 Å². The van der Waals surface area contributed by atoms with Crippen LogP contribution in [0.3, 0.4) is 0 Å². The van der Waals surface area contributed by atoms with E-state index in [4.69, 9.17) is 4.74 Å². The normalized spacial score (nSPS) is 16.6. The van der Waals surface area contributed by atoms with E-state index in [1.807, 2.05) is 18.2 Å². The van der Waals surface area contributed by atoms with Crippen molar-refractivity contribution in [2.75, 3.05) is 11.9 Å². The van der Waals surface area contributed by atoms with Crippen LogP contribution >= 0.6 is 11.3 Å². The Labute approximate surface area is 238 Å². The Morgan fingerprint density at radius 1 is 1.07 bits per heavy atom. The van der Waals surface area contributed by atoms with Gasteiger partial charge in [0.25, 0.3) is 0 Å². The van der Waals surface area contributed by atoms with Crippen molar-refractivity contribution in [2.45, 2.75) is 44.8 Å².